The molecule has 0 aliphatic carbocycles. The van der Waals surface area contributed by atoms with E-state index < -0.39 is 11.8 Å². The number of aliphatic carboxylic acids is 1. The van der Waals surface area contributed by atoms with E-state index in [2.05, 4.69) is 0 Å². The lowest BCUT2D eigenvalue weighted by Gasteiger charge is -1.78. The molecule has 0 bridgehead atoms. The second-order valence-corrected chi connectivity index (χ2v) is 1.03. The van der Waals surface area contributed by atoms with Crippen molar-refractivity contribution < 1.29 is 14.7 Å². The van der Waals surface area contributed by atoms with E-state index in [1.807, 2.05) is 0 Å². The standard InChI is InChI=1S/C4H5NO3/c5-2-1-3(6)4(7)8/h1-2H,5H2,(H,7,8)/b2-1-. The maximum absolute atomic E-state index is 9.98. The third kappa shape index (κ3) is 1.96. The van der Waals surface area contributed by atoms with E-state index >= 15 is 0 Å². The summed E-state index contributed by atoms with van der Waals surface area (Å²) in [5.74, 6) is -2.50. The Morgan fingerprint density at radius 2 is 2.00 bits per heavy atom. The molecule has 0 amide bonds. The zero-order valence-electron chi connectivity index (χ0n) is 4.00. The molecule has 0 aromatic rings. The Balaban J connectivity index is 3.85. The van der Waals surface area contributed by atoms with Crippen LogP contribution in [0.1, 0.15) is 0 Å². The maximum Gasteiger partial charge on any atom is 0.376 e. The summed E-state index contributed by atoms with van der Waals surface area (Å²) < 4.78 is 0. The third-order valence-electron chi connectivity index (χ3n) is 0.458. The van der Waals surface area contributed by atoms with E-state index in [1.165, 1.54) is 0 Å². The van der Waals surface area contributed by atoms with Gasteiger partial charge in [0.15, 0.2) is 0 Å². The summed E-state index contributed by atoms with van der Waals surface area (Å²) in [7, 11) is 0. The lowest BCUT2D eigenvalue weighted by Crippen LogP contribution is -2.08. The second-order valence-electron chi connectivity index (χ2n) is 1.03. The predicted molar refractivity (Wildman–Crippen MR) is 26.0 cm³/mol. The lowest BCUT2D eigenvalue weighted by atomic mass is 10.4. The molecular weight excluding hydrogens is 110 g/mol. The van der Waals surface area contributed by atoms with E-state index in [9.17, 15) is 9.59 Å². The second kappa shape index (κ2) is 2.79. The van der Waals surface area contributed by atoms with Gasteiger partial charge >= 0.3 is 5.97 Å². The van der Waals surface area contributed by atoms with Crippen molar-refractivity contribution in [2.75, 3.05) is 0 Å². The number of rotatable bonds is 2. The first kappa shape index (κ1) is 6.68. The van der Waals surface area contributed by atoms with Gasteiger partial charge in [0.25, 0.3) is 5.78 Å². The van der Waals surface area contributed by atoms with Gasteiger partial charge < -0.3 is 10.8 Å². The predicted octanol–water partition coefficient (Wildman–Crippen LogP) is -0.888. The van der Waals surface area contributed by atoms with Crippen molar-refractivity contribution in [3.05, 3.63) is 12.3 Å². The van der Waals surface area contributed by atoms with Crippen LogP contribution in [0.4, 0.5) is 0 Å². The number of ketones is 1. The molecule has 0 aliphatic rings. The Kier molecular flexibility index (Phi) is 2.33. The number of hydrogen-bond donors (Lipinski definition) is 2. The zero-order valence-corrected chi connectivity index (χ0v) is 4.00. The van der Waals surface area contributed by atoms with Gasteiger partial charge in [-0.05, 0) is 6.20 Å². The highest BCUT2D eigenvalue weighted by molar-refractivity contribution is 6.37. The Bertz CT molecular complexity index is 138. The Morgan fingerprint density at radius 3 is 2.12 bits per heavy atom. The van der Waals surface area contributed by atoms with Crippen LogP contribution in [-0.4, -0.2) is 16.9 Å². The van der Waals surface area contributed by atoms with E-state index in [4.69, 9.17) is 10.8 Å². The molecule has 4 nitrogen and oxygen atoms in total. The number of carbonyl (C=O) groups is 2. The van der Waals surface area contributed by atoms with Gasteiger partial charge in [0.2, 0.25) is 0 Å². The number of carboxylic acids is 1. The van der Waals surface area contributed by atoms with Crippen LogP contribution in [0.5, 0.6) is 0 Å². The molecule has 4 heteroatoms. The van der Waals surface area contributed by atoms with Gasteiger partial charge in [-0.3, -0.25) is 4.79 Å². The molecule has 0 fully saturated rings. The molecule has 0 saturated carbocycles. The van der Waals surface area contributed by atoms with Gasteiger partial charge in [0.05, 0.1) is 0 Å². The first-order chi connectivity index (χ1) is 3.68. The Labute approximate surface area is 45.6 Å². The molecule has 3 N–H and O–H groups in total. The Hall–Kier alpha value is -1.32. The summed E-state index contributed by atoms with van der Waals surface area (Å²) >= 11 is 0. The van der Waals surface area contributed by atoms with E-state index in [0.29, 0.717) is 0 Å². The minimum absolute atomic E-state index is 0.780. The van der Waals surface area contributed by atoms with Crippen molar-refractivity contribution in [3.63, 3.8) is 0 Å². The molecule has 0 spiro atoms. The van der Waals surface area contributed by atoms with Gasteiger partial charge in [-0.15, -0.1) is 0 Å². The number of carbonyl (C=O) groups excluding carboxylic acids is 1. The topological polar surface area (TPSA) is 80.4 Å². The van der Waals surface area contributed by atoms with Crippen LogP contribution in [0.2, 0.25) is 0 Å². The summed E-state index contributed by atoms with van der Waals surface area (Å²) in [6.07, 6.45) is 1.67. The van der Waals surface area contributed by atoms with Crippen molar-refractivity contribution in [2.24, 2.45) is 5.73 Å². The average molecular weight is 115 g/mol. The molecule has 0 heterocycles. The van der Waals surface area contributed by atoms with Crippen LogP contribution >= 0.6 is 0 Å². The Morgan fingerprint density at radius 1 is 1.50 bits per heavy atom. The van der Waals surface area contributed by atoms with E-state index in [1.54, 1.807) is 0 Å². The molecule has 0 aromatic carbocycles. The summed E-state index contributed by atoms with van der Waals surface area (Å²) in [5.41, 5.74) is 4.70. The maximum atomic E-state index is 9.98. The molecule has 0 aliphatic heterocycles. The van der Waals surface area contributed by atoms with E-state index in [-0.39, 0.29) is 0 Å². The summed E-state index contributed by atoms with van der Waals surface area (Å²) in [6, 6.07) is 0. The first-order valence-electron chi connectivity index (χ1n) is 1.84. The van der Waals surface area contributed by atoms with Gasteiger partial charge in [-0.25, -0.2) is 4.79 Å². The SMILES string of the molecule is N/C=C\C(=O)C(=O)O. The van der Waals surface area contributed by atoms with Crippen LogP contribution in [0.25, 0.3) is 0 Å². The van der Waals surface area contributed by atoms with Gasteiger partial charge in [0.1, 0.15) is 0 Å². The third-order valence-corrected chi connectivity index (χ3v) is 0.458. The average Bonchev–Trinajstić information content (AvgIpc) is 1.67. The van der Waals surface area contributed by atoms with Gasteiger partial charge in [-0.1, -0.05) is 0 Å². The highest BCUT2D eigenvalue weighted by Crippen LogP contribution is 1.71. The van der Waals surface area contributed by atoms with Crippen LogP contribution in [0, 0.1) is 0 Å². The summed E-state index contributed by atoms with van der Waals surface area (Å²) in [5, 5.41) is 7.86. The number of carboxylic acid groups (broad SMARTS) is 1. The molecule has 0 saturated heterocycles. The van der Waals surface area contributed by atoms with Gasteiger partial charge in [-0.2, -0.15) is 0 Å². The molecule has 44 valence electrons. The van der Waals surface area contributed by atoms with Crippen molar-refractivity contribution in [3.8, 4) is 0 Å². The number of hydrogen-bond acceptors (Lipinski definition) is 3. The normalized spacial score (nSPS) is 9.50. The first-order valence-corrected chi connectivity index (χ1v) is 1.84. The molecule has 0 radical (unpaired) electrons. The number of nitrogens with two attached hydrogens (primary N) is 1. The van der Waals surface area contributed by atoms with Crippen molar-refractivity contribution in [1.29, 1.82) is 0 Å². The largest absolute Gasteiger partial charge is 0.475 e. The highest BCUT2D eigenvalue weighted by Gasteiger charge is 2.03. The fraction of sp³-hybridized carbons (Fsp3) is 0. The minimum Gasteiger partial charge on any atom is -0.475 e. The quantitative estimate of drug-likeness (QED) is 0.361. The fourth-order valence-electron chi connectivity index (χ4n) is 0.159. The monoisotopic (exact) mass is 115 g/mol. The molecular formula is C4H5NO3. The lowest BCUT2D eigenvalue weighted by molar-refractivity contribution is -0.146. The molecule has 0 aromatic heterocycles. The van der Waals surface area contributed by atoms with Crippen LogP contribution in [-0.2, 0) is 9.59 Å². The van der Waals surface area contributed by atoms with Crippen LogP contribution in [0.3, 0.4) is 0 Å². The molecule has 8 heavy (non-hydrogen) atoms. The van der Waals surface area contributed by atoms with Gasteiger partial charge in [0, 0.05) is 6.08 Å². The fourth-order valence-corrected chi connectivity index (χ4v) is 0.159. The molecule has 0 atom stereocenters. The highest BCUT2D eigenvalue weighted by atomic mass is 16.4. The van der Waals surface area contributed by atoms with Crippen molar-refractivity contribution in [2.45, 2.75) is 0 Å². The molecule has 0 rings (SSSR count). The summed E-state index contributed by atoms with van der Waals surface area (Å²) in [4.78, 5) is 19.6. The smallest absolute Gasteiger partial charge is 0.376 e. The molecule has 0 unspecified atom stereocenters. The van der Waals surface area contributed by atoms with Crippen molar-refractivity contribution >= 4 is 11.8 Å². The zero-order chi connectivity index (χ0) is 6.57. The minimum atomic E-state index is -1.49. The van der Waals surface area contributed by atoms with Crippen LogP contribution < -0.4 is 5.73 Å². The summed E-state index contributed by atoms with van der Waals surface area (Å²) in [6.45, 7) is 0. The van der Waals surface area contributed by atoms with Crippen molar-refractivity contribution in [1.82, 2.24) is 0 Å². The van der Waals surface area contributed by atoms with E-state index in [0.717, 1.165) is 12.3 Å². The van der Waals surface area contributed by atoms with Crippen LogP contribution in [0.15, 0.2) is 12.3 Å².